The van der Waals surface area contributed by atoms with Crippen LogP contribution in [0.5, 0.6) is 11.5 Å². The summed E-state index contributed by atoms with van der Waals surface area (Å²) < 4.78 is 58.6. The topological polar surface area (TPSA) is 89.6 Å². The zero-order valence-electron chi connectivity index (χ0n) is 16.8. The highest BCUT2D eigenvalue weighted by atomic mass is 32.1. The van der Waals surface area contributed by atoms with Crippen molar-refractivity contribution in [2.75, 3.05) is 6.61 Å². The van der Waals surface area contributed by atoms with Crippen molar-refractivity contribution >= 4 is 23.2 Å². The van der Waals surface area contributed by atoms with Gasteiger partial charge in [0.05, 0.1) is 6.54 Å². The van der Waals surface area contributed by atoms with Gasteiger partial charge in [-0.3, -0.25) is 9.59 Å². The molecule has 0 saturated heterocycles. The van der Waals surface area contributed by atoms with Gasteiger partial charge in [-0.05, 0) is 42.0 Å². The molecule has 0 aliphatic rings. The quantitative estimate of drug-likeness (QED) is 0.452. The van der Waals surface area contributed by atoms with E-state index in [1.807, 2.05) is 0 Å². The van der Waals surface area contributed by atoms with Crippen molar-refractivity contribution < 1.29 is 36.6 Å². The Labute approximate surface area is 189 Å². The minimum atomic E-state index is -4.79. The van der Waals surface area contributed by atoms with Gasteiger partial charge in [0.15, 0.2) is 6.61 Å². The first-order chi connectivity index (χ1) is 15.7. The molecule has 0 aliphatic carbocycles. The number of benzene rings is 2. The number of nitrogens with zero attached hydrogens (tertiary/aromatic N) is 1. The fraction of sp³-hybridized carbons (Fsp3) is 0.190. The Balaban J connectivity index is 1.40. The summed E-state index contributed by atoms with van der Waals surface area (Å²) >= 11 is 1.17. The fourth-order valence-electron chi connectivity index (χ4n) is 2.53. The molecule has 1 aromatic heterocycles. The van der Waals surface area contributed by atoms with Crippen LogP contribution >= 0.6 is 11.3 Å². The second-order valence-electron chi connectivity index (χ2n) is 6.52. The van der Waals surface area contributed by atoms with E-state index in [1.54, 1.807) is 12.1 Å². The Morgan fingerprint density at radius 1 is 1.00 bits per heavy atom. The van der Waals surface area contributed by atoms with Crippen LogP contribution in [-0.2, 0) is 17.9 Å². The van der Waals surface area contributed by atoms with E-state index in [-0.39, 0.29) is 31.1 Å². The summed E-state index contributed by atoms with van der Waals surface area (Å²) in [5, 5.41) is 7.21. The van der Waals surface area contributed by atoms with Crippen LogP contribution in [0.2, 0.25) is 0 Å². The predicted octanol–water partition coefficient (Wildman–Crippen LogP) is 3.81. The molecule has 2 aromatic carbocycles. The average molecular weight is 483 g/mol. The van der Waals surface area contributed by atoms with Crippen molar-refractivity contribution in [3.8, 4) is 11.5 Å². The van der Waals surface area contributed by atoms with Crippen LogP contribution in [0.15, 0.2) is 53.9 Å². The number of carbonyl (C=O) groups is 2. The standard InChI is InChI=1S/C21H17F4N3O4S/c22-14-3-1-2-13(8-14)9-27-20(30)17-12-33-19(28-17)10-26-18(29)11-31-15-4-6-16(7-5-15)32-21(23,24)25/h1-8,12H,9-11H2,(H,26,29)(H,27,30). The van der Waals surface area contributed by atoms with E-state index in [4.69, 9.17) is 4.74 Å². The SMILES string of the molecule is O=C(COc1ccc(OC(F)(F)F)cc1)NCc1nc(C(=O)NCc2cccc(F)c2)cs1. The van der Waals surface area contributed by atoms with Crippen LogP contribution < -0.4 is 20.1 Å². The Hall–Kier alpha value is -3.67. The van der Waals surface area contributed by atoms with Crippen molar-refractivity contribution in [3.63, 3.8) is 0 Å². The molecule has 0 atom stereocenters. The Bertz CT molecular complexity index is 1100. The van der Waals surface area contributed by atoms with Crippen molar-refractivity contribution in [2.45, 2.75) is 19.5 Å². The monoisotopic (exact) mass is 483 g/mol. The molecule has 2 N–H and O–H groups in total. The van der Waals surface area contributed by atoms with Gasteiger partial charge in [-0.1, -0.05) is 12.1 Å². The molecule has 1 heterocycles. The Kier molecular flexibility index (Phi) is 7.83. The first kappa shape index (κ1) is 24.0. The van der Waals surface area contributed by atoms with E-state index in [0.717, 1.165) is 12.1 Å². The number of aromatic nitrogens is 1. The maximum Gasteiger partial charge on any atom is 0.573 e. The number of alkyl halides is 3. The predicted molar refractivity (Wildman–Crippen MR) is 110 cm³/mol. The molecular weight excluding hydrogens is 466 g/mol. The van der Waals surface area contributed by atoms with E-state index in [0.29, 0.717) is 10.6 Å². The summed E-state index contributed by atoms with van der Waals surface area (Å²) in [4.78, 5) is 28.2. The Morgan fingerprint density at radius 2 is 1.73 bits per heavy atom. The normalized spacial score (nSPS) is 11.0. The van der Waals surface area contributed by atoms with E-state index in [2.05, 4.69) is 20.4 Å². The highest BCUT2D eigenvalue weighted by molar-refractivity contribution is 7.09. The summed E-state index contributed by atoms with van der Waals surface area (Å²) in [6.07, 6.45) is -4.79. The molecule has 0 unspecified atom stereocenters. The number of amides is 2. The average Bonchev–Trinajstić information content (AvgIpc) is 3.24. The molecule has 0 bridgehead atoms. The van der Waals surface area contributed by atoms with Crippen molar-refractivity contribution in [1.82, 2.24) is 15.6 Å². The molecule has 12 heteroatoms. The van der Waals surface area contributed by atoms with Gasteiger partial charge in [0.1, 0.15) is 28.0 Å². The van der Waals surface area contributed by atoms with Gasteiger partial charge in [0, 0.05) is 11.9 Å². The number of halogens is 4. The smallest absolute Gasteiger partial charge is 0.484 e. The first-order valence-corrected chi connectivity index (χ1v) is 10.3. The van der Waals surface area contributed by atoms with Crippen LogP contribution in [0.1, 0.15) is 21.1 Å². The third-order valence-electron chi connectivity index (χ3n) is 3.99. The van der Waals surface area contributed by atoms with E-state index < -0.39 is 29.7 Å². The van der Waals surface area contributed by atoms with Gasteiger partial charge in [0.25, 0.3) is 11.8 Å². The lowest BCUT2D eigenvalue weighted by Crippen LogP contribution is -2.28. The molecule has 174 valence electrons. The molecule has 0 aliphatic heterocycles. The van der Waals surface area contributed by atoms with Crippen LogP contribution in [0.4, 0.5) is 17.6 Å². The molecule has 0 spiro atoms. The maximum atomic E-state index is 13.2. The molecule has 2 amide bonds. The van der Waals surface area contributed by atoms with Crippen LogP contribution in [0, 0.1) is 5.82 Å². The summed E-state index contributed by atoms with van der Waals surface area (Å²) in [7, 11) is 0. The van der Waals surface area contributed by atoms with E-state index in [1.165, 1.54) is 41.0 Å². The number of thiazole rings is 1. The summed E-state index contributed by atoms with van der Waals surface area (Å²) in [6, 6.07) is 10.5. The van der Waals surface area contributed by atoms with Gasteiger partial charge in [0.2, 0.25) is 0 Å². The number of hydrogen-bond donors (Lipinski definition) is 2. The second kappa shape index (κ2) is 10.8. The summed E-state index contributed by atoms with van der Waals surface area (Å²) in [5.41, 5.74) is 0.770. The summed E-state index contributed by atoms with van der Waals surface area (Å²) in [5.74, 6) is -1.54. The van der Waals surface area contributed by atoms with Gasteiger partial charge in [-0.25, -0.2) is 9.37 Å². The molecule has 7 nitrogen and oxygen atoms in total. The Morgan fingerprint density at radius 3 is 2.42 bits per heavy atom. The third kappa shape index (κ3) is 8.07. The lowest BCUT2D eigenvalue weighted by atomic mass is 10.2. The highest BCUT2D eigenvalue weighted by Gasteiger charge is 2.31. The minimum Gasteiger partial charge on any atom is -0.484 e. The van der Waals surface area contributed by atoms with Crippen LogP contribution in [-0.4, -0.2) is 29.8 Å². The van der Waals surface area contributed by atoms with Crippen LogP contribution in [0.25, 0.3) is 0 Å². The largest absolute Gasteiger partial charge is 0.573 e. The van der Waals surface area contributed by atoms with Crippen molar-refractivity contribution in [3.05, 3.63) is 76.0 Å². The molecular formula is C21H17F4N3O4S. The van der Waals surface area contributed by atoms with E-state index in [9.17, 15) is 27.2 Å². The zero-order chi connectivity index (χ0) is 23.8. The zero-order valence-corrected chi connectivity index (χ0v) is 17.6. The number of carbonyl (C=O) groups excluding carboxylic acids is 2. The molecule has 3 aromatic rings. The molecule has 0 fully saturated rings. The number of ether oxygens (including phenoxy) is 2. The number of rotatable bonds is 9. The van der Waals surface area contributed by atoms with Gasteiger partial charge in [-0.2, -0.15) is 0 Å². The van der Waals surface area contributed by atoms with Crippen molar-refractivity contribution in [2.24, 2.45) is 0 Å². The first-order valence-electron chi connectivity index (χ1n) is 9.40. The maximum absolute atomic E-state index is 13.2. The minimum absolute atomic E-state index is 0.0579. The van der Waals surface area contributed by atoms with Gasteiger partial charge in [-0.15, -0.1) is 24.5 Å². The fourth-order valence-corrected chi connectivity index (χ4v) is 3.24. The summed E-state index contributed by atoms with van der Waals surface area (Å²) in [6.45, 7) is -0.172. The lowest BCUT2D eigenvalue weighted by molar-refractivity contribution is -0.274. The van der Waals surface area contributed by atoms with E-state index >= 15 is 0 Å². The third-order valence-corrected chi connectivity index (χ3v) is 4.84. The van der Waals surface area contributed by atoms with Crippen LogP contribution in [0.3, 0.4) is 0 Å². The molecule has 33 heavy (non-hydrogen) atoms. The van der Waals surface area contributed by atoms with Crippen molar-refractivity contribution in [1.29, 1.82) is 0 Å². The molecule has 0 saturated carbocycles. The second-order valence-corrected chi connectivity index (χ2v) is 7.47. The highest BCUT2D eigenvalue weighted by Crippen LogP contribution is 2.24. The van der Waals surface area contributed by atoms with Gasteiger partial charge < -0.3 is 20.1 Å². The van der Waals surface area contributed by atoms with Gasteiger partial charge >= 0.3 is 6.36 Å². The molecule has 0 radical (unpaired) electrons. The number of hydrogen-bond acceptors (Lipinski definition) is 6. The number of nitrogens with one attached hydrogen (secondary N) is 2. The molecule has 3 rings (SSSR count). The lowest BCUT2D eigenvalue weighted by Gasteiger charge is -2.10.